The highest BCUT2D eigenvalue weighted by atomic mass is 16.3. The van der Waals surface area contributed by atoms with Crippen LogP contribution in [0, 0.1) is 6.92 Å². The van der Waals surface area contributed by atoms with Crippen molar-refractivity contribution in [2.45, 2.75) is 57.4 Å². The number of benzene rings is 9. The minimum Gasteiger partial charge on any atom is -0.456 e. The highest BCUT2D eigenvalue weighted by molar-refractivity contribution is 7.00. The average Bonchev–Trinajstić information content (AvgIpc) is 3.82. The molecule has 4 aliphatic rings. The lowest BCUT2D eigenvalue weighted by Gasteiger charge is -2.52. The van der Waals surface area contributed by atoms with Crippen molar-refractivity contribution in [3.05, 3.63) is 199 Å². The fourth-order valence-corrected chi connectivity index (χ4v) is 12.9. The number of hydrogen-bond donors (Lipinski definition) is 0. The number of rotatable bonds is 5. The molecule has 0 amide bonds. The number of anilines is 8. The second-order valence-electron chi connectivity index (χ2n) is 19.7. The lowest BCUT2D eigenvalue weighted by atomic mass is 9.33. The Kier molecular flexibility index (Phi) is 7.89. The Hall–Kier alpha value is -7.50. The van der Waals surface area contributed by atoms with Gasteiger partial charge in [-0.3, -0.25) is 0 Å². The second kappa shape index (κ2) is 13.8. The summed E-state index contributed by atoms with van der Waals surface area (Å²) in [5, 5.41) is 4.77. The van der Waals surface area contributed by atoms with E-state index in [0.717, 1.165) is 44.7 Å². The van der Waals surface area contributed by atoms with Gasteiger partial charge in [-0.05, 0) is 149 Å². The van der Waals surface area contributed by atoms with Crippen LogP contribution in [0.3, 0.4) is 0 Å². The molecule has 4 heterocycles. The van der Waals surface area contributed by atoms with Crippen LogP contribution in [0.2, 0.25) is 0 Å². The zero-order valence-electron chi connectivity index (χ0n) is 37.6. The third kappa shape index (κ3) is 5.17. The molecule has 0 bridgehead atoms. The van der Waals surface area contributed by atoms with Crippen LogP contribution in [0.1, 0.15) is 50.7 Å². The molecule has 0 N–H and O–H groups in total. The van der Waals surface area contributed by atoms with Gasteiger partial charge >= 0.3 is 0 Å². The molecule has 1 aromatic heterocycles. The van der Waals surface area contributed by atoms with E-state index in [0.29, 0.717) is 0 Å². The van der Waals surface area contributed by atoms with Crippen LogP contribution < -0.4 is 31.1 Å². The Labute approximate surface area is 386 Å². The summed E-state index contributed by atoms with van der Waals surface area (Å²) in [7, 11) is 0. The molecule has 1 saturated carbocycles. The summed E-state index contributed by atoms with van der Waals surface area (Å²) in [4.78, 5) is 7.80. The minimum atomic E-state index is -0.0318. The molecular weight excluding hydrogens is 802 g/mol. The van der Waals surface area contributed by atoms with Crippen molar-refractivity contribution in [1.29, 1.82) is 0 Å². The maximum Gasteiger partial charge on any atom is 0.252 e. The van der Waals surface area contributed by atoms with E-state index in [1.54, 1.807) is 0 Å². The van der Waals surface area contributed by atoms with Crippen molar-refractivity contribution in [2.75, 3.05) is 14.7 Å². The number of hydrogen-bond acceptors (Lipinski definition) is 4. The first-order valence-electron chi connectivity index (χ1n) is 23.7. The number of fused-ring (bicyclic) bond motifs is 11. The van der Waals surface area contributed by atoms with Crippen LogP contribution in [-0.4, -0.2) is 12.3 Å². The van der Waals surface area contributed by atoms with Crippen LogP contribution >= 0.6 is 0 Å². The normalized spacial score (nSPS) is 18.9. The lowest BCUT2D eigenvalue weighted by Crippen LogP contribution is -2.64. The summed E-state index contributed by atoms with van der Waals surface area (Å²) in [6, 6.07) is 70.0. The molecule has 14 rings (SSSR count). The van der Waals surface area contributed by atoms with Crippen LogP contribution in [-0.2, 0) is 5.41 Å². The van der Waals surface area contributed by atoms with Crippen molar-refractivity contribution in [1.82, 2.24) is 0 Å². The van der Waals surface area contributed by atoms with Crippen molar-refractivity contribution in [3.8, 4) is 11.1 Å². The standard InChI is InChI=1S/C61H48BN3O/c1-39-33-54-58-55(34-39)65-59-50(60(2)31-11-12-32-61(60,65)3)22-14-23-52(59)62(58)51-30-28-46(37-53(51)64(54)47-27-29-49-48-21-9-10-24-56(48)66-57(49)38-47)63(44-18-5-4-6-19-44)45-20-13-17-42(36-45)43-26-25-40-15-7-8-16-41(40)35-43/h4-10,13-30,33-38H,11-12,31-32H2,1-3H3/t60?,61-/m1/s1. The second-order valence-corrected chi connectivity index (χ2v) is 19.7. The molecule has 0 saturated heterocycles. The topological polar surface area (TPSA) is 22.9 Å². The van der Waals surface area contributed by atoms with E-state index in [2.05, 4.69) is 224 Å². The molecule has 9 aromatic carbocycles. The van der Waals surface area contributed by atoms with Gasteiger partial charge in [0, 0.05) is 67.8 Å². The van der Waals surface area contributed by atoms with E-state index >= 15 is 0 Å². The van der Waals surface area contributed by atoms with E-state index in [-0.39, 0.29) is 17.7 Å². The van der Waals surface area contributed by atoms with Gasteiger partial charge in [-0.1, -0.05) is 129 Å². The monoisotopic (exact) mass is 849 g/mol. The molecule has 1 aliphatic carbocycles. The summed E-state index contributed by atoms with van der Waals surface area (Å²) in [5.41, 5.74) is 20.8. The lowest BCUT2D eigenvalue weighted by molar-refractivity contribution is 0.195. The summed E-state index contributed by atoms with van der Waals surface area (Å²) >= 11 is 0. The molecule has 1 unspecified atom stereocenters. The first kappa shape index (κ1) is 37.8. The summed E-state index contributed by atoms with van der Waals surface area (Å²) in [5.74, 6) is 0. The number of aryl methyl sites for hydroxylation is 1. The Balaban J connectivity index is 1.02. The molecule has 5 heteroatoms. The predicted octanol–water partition coefficient (Wildman–Crippen LogP) is 14.5. The molecule has 2 atom stereocenters. The first-order valence-corrected chi connectivity index (χ1v) is 23.7. The van der Waals surface area contributed by atoms with Gasteiger partial charge in [0.15, 0.2) is 0 Å². The van der Waals surface area contributed by atoms with Gasteiger partial charge in [0.25, 0.3) is 6.71 Å². The molecule has 10 aromatic rings. The molecule has 4 nitrogen and oxygen atoms in total. The summed E-state index contributed by atoms with van der Waals surface area (Å²) in [6.45, 7) is 7.48. The van der Waals surface area contributed by atoms with Gasteiger partial charge in [0.1, 0.15) is 11.2 Å². The molecule has 0 radical (unpaired) electrons. The van der Waals surface area contributed by atoms with Crippen molar-refractivity contribution in [3.63, 3.8) is 0 Å². The summed E-state index contributed by atoms with van der Waals surface area (Å²) in [6.07, 6.45) is 4.90. The average molecular weight is 850 g/mol. The van der Waals surface area contributed by atoms with Gasteiger partial charge < -0.3 is 19.1 Å². The molecular formula is C61H48BN3O. The smallest absolute Gasteiger partial charge is 0.252 e. The number of nitrogens with zero attached hydrogens (tertiary/aromatic N) is 3. The molecule has 316 valence electrons. The zero-order valence-corrected chi connectivity index (χ0v) is 37.6. The van der Waals surface area contributed by atoms with Gasteiger partial charge in [-0.25, -0.2) is 0 Å². The van der Waals surface area contributed by atoms with Crippen LogP contribution in [0.15, 0.2) is 192 Å². The maximum atomic E-state index is 6.64. The Morgan fingerprint density at radius 2 is 1.27 bits per heavy atom. The van der Waals surface area contributed by atoms with Gasteiger partial charge in [-0.2, -0.15) is 0 Å². The fourth-order valence-electron chi connectivity index (χ4n) is 12.9. The third-order valence-electron chi connectivity index (χ3n) is 16.2. The SMILES string of the molecule is Cc1cc2c3c(c1)N1c4c(cccc4C4(C)CCCC[C@@]14C)B3c1ccc(N(c3ccccc3)c3cccc(-c4ccc5ccccc5c4)c3)cc1N2c1ccc2c(c1)oc1ccccc12. The Morgan fingerprint density at radius 1 is 0.530 bits per heavy atom. The number of para-hydroxylation sites is 3. The highest BCUT2D eigenvalue weighted by Crippen LogP contribution is 2.62. The van der Waals surface area contributed by atoms with Crippen molar-refractivity contribution in [2.24, 2.45) is 0 Å². The van der Waals surface area contributed by atoms with Crippen LogP contribution in [0.25, 0.3) is 43.8 Å². The number of furan rings is 1. The van der Waals surface area contributed by atoms with Crippen molar-refractivity contribution >= 4 is 101 Å². The Bertz CT molecular complexity index is 3650. The van der Waals surface area contributed by atoms with E-state index in [1.165, 1.54) is 97.8 Å². The zero-order chi connectivity index (χ0) is 43.9. The predicted molar refractivity (Wildman–Crippen MR) is 278 cm³/mol. The fraction of sp³-hybridized carbons (Fsp3) is 0.148. The maximum absolute atomic E-state index is 6.64. The van der Waals surface area contributed by atoms with E-state index < -0.39 is 0 Å². The summed E-state index contributed by atoms with van der Waals surface area (Å²) < 4.78 is 6.64. The van der Waals surface area contributed by atoms with E-state index in [4.69, 9.17) is 4.42 Å². The molecule has 3 aliphatic heterocycles. The molecule has 1 fully saturated rings. The van der Waals surface area contributed by atoms with Crippen LogP contribution in [0.5, 0.6) is 0 Å². The van der Waals surface area contributed by atoms with E-state index in [1.807, 2.05) is 0 Å². The van der Waals surface area contributed by atoms with Gasteiger partial charge in [0.2, 0.25) is 0 Å². The minimum absolute atomic E-state index is 0.0318. The first-order chi connectivity index (χ1) is 32.4. The largest absolute Gasteiger partial charge is 0.456 e. The quantitative estimate of drug-likeness (QED) is 0.161. The Morgan fingerprint density at radius 3 is 2.18 bits per heavy atom. The molecule has 66 heavy (non-hydrogen) atoms. The highest BCUT2D eigenvalue weighted by Gasteiger charge is 2.61. The third-order valence-corrected chi connectivity index (χ3v) is 16.2. The van der Waals surface area contributed by atoms with E-state index in [9.17, 15) is 0 Å². The molecule has 0 spiro atoms. The van der Waals surface area contributed by atoms with Crippen LogP contribution in [0.4, 0.5) is 45.5 Å². The van der Waals surface area contributed by atoms with Gasteiger partial charge in [0.05, 0.1) is 5.54 Å². The van der Waals surface area contributed by atoms with Gasteiger partial charge in [-0.15, -0.1) is 0 Å². The van der Waals surface area contributed by atoms with Crippen molar-refractivity contribution < 1.29 is 4.42 Å².